The Morgan fingerprint density at radius 1 is 1.00 bits per heavy atom. The number of carbonyl (C=O) groups excluding carboxylic acids is 2. The van der Waals surface area contributed by atoms with Crippen LogP contribution in [0.2, 0.25) is 0 Å². The Morgan fingerprint density at radius 2 is 1.75 bits per heavy atom. The van der Waals surface area contributed by atoms with Crippen LogP contribution in [0.15, 0.2) is 60.8 Å². The third-order valence-electron chi connectivity index (χ3n) is 4.09. The summed E-state index contributed by atoms with van der Waals surface area (Å²) >= 11 is 0. The van der Waals surface area contributed by atoms with Crippen molar-refractivity contribution in [2.24, 2.45) is 5.73 Å². The standard InChI is InChI=1S/C21H17F3N4O4/c1-31-18-6-5-12(21(22,23)24)9-16(18)28-20(30)27-13-3-2-4-14(10-13)32-15-7-8-26-17(11-15)19(25)29/h2-11H,1H3,(H2,25,29)(H2,27,28,30). The molecule has 0 saturated carbocycles. The topological polar surface area (TPSA) is 116 Å². The van der Waals surface area contributed by atoms with Crippen molar-refractivity contribution in [2.45, 2.75) is 6.18 Å². The molecule has 2 aromatic carbocycles. The Kier molecular flexibility index (Phi) is 6.47. The highest BCUT2D eigenvalue weighted by Gasteiger charge is 2.31. The maximum absolute atomic E-state index is 13.0. The Hall–Kier alpha value is -4.28. The average molecular weight is 446 g/mol. The number of amides is 3. The first kappa shape index (κ1) is 22.4. The molecule has 0 radical (unpaired) electrons. The van der Waals surface area contributed by atoms with Gasteiger partial charge in [-0.2, -0.15) is 13.2 Å². The minimum Gasteiger partial charge on any atom is -0.495 e. The van der Waals surface area contributed by atoms with Crippen molar-refractivity contribution in [1.29, 1.82) is 0 Å². The molecule has 0 aliphatic carbocycles. The molecule has 0 fully saturated rings. The van der Waals surface area contributed by atoms with E-state index < -0.39 is 23.7 Å². The number of pyridine rings is 1. The number of halogens is 3. The lowest BCUT2D eigenvalue weighted by molar-refractivity contribution is -0.137. The normalized spacial score (nSPS) is 10.9. The summed E-state index contributed by atoms with van der Waals surface area (Å²) in [5.74, 6) is -0.0362. The van der Waals surface area contributed by atoms with E-state index in [2.05, 4.69) is 15.6 Å². The first-order valence-electron chi connectivity index (χ1n) is 9.03. The number of ether oxygens (including phenoxy) is 2. The number of aromatic nitrogens is 1. The molecule has 32 heavy (non-hydrogen) atoms. The molecule has 166 valence electrons. The number of nitrogens with two attached hydrogens (primary N) is 1. The van der Waals surface area contributed by atoms with E-state index in [9.17, 15) is 22.8 Å². The number of nitrogens with one attached hydrogen (secondary N) is 2. The van der Waals surface area contributed by atoms with Gasteiger partial charge in [0.15, 0.2) is 0 Å². The average Bonchev–Trinajstić information content (AvgIpc) is 2.73. The monoisotopic (exact) mass is 446 g/mol. The molecule has 0 aliphatic heterocycles. The van der Waals surface area contributed by atoms with E-state index in [1.807, 2.05) is 0 Å². The van der Waals surface area contributed by atoms with Gasteiger partial charge in [0.25, 0.3) is 5.91 Å². The zero-order valence-corrected chi connectivity index (χ0v) is 16.6. The largest absolute Gasteiger partial charge is 0.495 e. The van der Waals surface area contributed by atoms with Gasteiger partial charge in [0.2, 0.25) is 0 Å². The van der Waals surface area contributed by atoms with Gasteiger partial charge in [0.05, 0.1) is 18.4 Å². The minimum absolute atomic E-state index is 0.0196. The Balaban J connectivity index is 1.73. The molecule has 3 rings (SSSR count). The zero-order valence-electron chi connectivity index (χ0n) is 16.6. The van der Waals surface area contributed by atoms with E-state index in [4.69, 9.17) is 15.2 Å². The molecule has 0 bridgehead atoms. The molecule has 0 aliphatic rings. The number of nitrogens with zero attached hydrogens (tertiary/aromatic N) is 1. The lowest BCUT2D eigenvalue weighted by Gasteiger charge is -2.14. The lowest BCUT2D eigenvalue weighted by atomic mass is 10.2. The smallest absolute Gasteiger partial charge is 0.416 e. The fourth-order valence-corrected chi connectivity index (χ4v) is 2.65. The van der Waals surface area contributed by atoms with Crippen LogP contribution >= 0.6 is 0 Å². The van der Waals surface area contributed by atoms with E-state index in [1.54, 1.807) is 18.2 Å². The second-order valence-electron chi connectivity index (χ2n) is 6.36. The van der Waals surface area contributed by atoms with Crippen molar-refractivity contribution < 1.29 is 32.2 Å². The summed E-state index contributed by atoms with van der Waals surface area (Å²) in [6.07, 6.45) is -3.22. The third-order valence-corrected chi connectivity index (χ3v) is 4.09. The molecule has 0 atom stereocenters. The quantitative estimate of drug-likeness (QED) is 0.510. The van der Waals surface area contributed by atoms with E-state index in [0.717, 1.165) is 18.2 Å². The van der Waals surface area contributed by atoms with Crippen LogP contribution in [0.3, 0.4) is 0 Å². The Bertz CT molecular complexity index is 1150. The number of carbonyl (C=O) groups is 2. The number of alkyl halides is 3. The number of methoxy groups -OCH3 is 1. The van der Waals surface area contributed by atoms with Crippen LogP contribution in [-0.2, 0) is 6.18 Å². The molecule has 4 N–H and O–H groups in total. The fraction of sp³-hybridized carbons (Fsp3) is 0.0952. The van der Waals surface area contributed by atoms with Gasteiger partial charge >= 0.3 is 12.2 Å². The second-order valence-corrected chi connectivity index (χ2v) is 6.36. The van der Waals surface area contributed by atoms with Crippen LogP contribution < -0.4 is 25.8 Å². The van der Waals surface area contributed by atoms with Gasteiger partial charge in [-0.25, -0.2) is 4.79 Å². The van der Waals surface area contributed by atoms with Crippen LogP contribution in [0, 0.1) is 0 Å². The molecular weight excluding hydrogens is 429 g/mol. The first-order valence-corrected chi connectivity index (χ1v) is 9.03. The molecule has 3 aromatic rings. The van der Waals surface area contributed by atoms with Crippen molar-refractivity contribution in [3.05, 3.63) is 72.1 Å². The van der Waals surface area contributed by atoms with E-state index in [1.165, 1.54) is 31.5 Å². The van der Waals surface area contributed by atoms with Gasteiger partial charge in [-0.3, -0.25) is 9.78 Å². The van der Waals surface area contributed by atoms with Crippen molar-refractivity contribution in [3.8, 4) is 17.2 Å². The number of hydrogen-bond acceptors (Lipinski definition) is 5. The van der Waals surface area contributed by atoms with E-state index in [-0.39, 0.29) is 17.1 Å². The summed E-state index contributed by atoms with van der Waals surface area (Å²) < 4.78 is 49.5. The van der Waals surface area contributed by atoms with Crippen molar-refractivity contribution in [1.82, 2.24) is 4.98 Å². The molecule has 0 saturated heterocycles. The van der Waals surface area contributed by atoms with Gasteiger partial charge in [0, 0.05) is 24.0 Å². The third kappa shape index (κ3) is 5.65. The number of anilines is 2. The highest BCUT2D eigenvalue weighted by Crippen LogP contribution is 2.35. The molecule has 1 heterocycles. The van der Waals surface area contributed by atoms with Gasteiger partial charge in [-0.15, -0.1) is 0 Å². The molecule has 1 aromatic heterocycles. The number of hydrogen-bond donors (Lipinski definition) is 3. The molecule has 0 spiro atoms. The second kappa shape index (κ2) is 9.25. The molecule has 3 amide bonds. The summed E-state index contributed by atoms with van der Waals surface area (Å²) in [5, 5.41) is 4.84. The Labute approximate surface area is 180 Å². The lowest BCUT2D eigenvalue weighted by Crippen LogP contribution is -2.20. The predicted octanol–water partition coefficient (Wildman–Crippen LogP) is 4.64. The number of urea groups is 1. The number of primary amides is 1. The maximum Gasteiger partial charge on any atom is 0.416 e. The molecular formula is C21H17F3N4O4. The Morgan fingerprint density at radius 3 is 2.44 bits per heavy atom. The van der Waals surface area contributed by atoms with Gasteiger partial charge < -0.3 is 25.8 Å². The highest BCUT2D eigenvalue weighted by molar-refractivity contribution is 6.00. The number of benzene rings is 2. The summed E-state index contributed by atoms with van der Waals surface area (Å²) in [7, 11) is 1.27. The van der Waals surface area contributed by atoms with Gasteiger partial charge in [-0.1, -0.05) is 6.07 Å². The van der Waals surface area contributed by atoms with E-state index in [0.29, 0.717) is 17.2 Å². The first-order chi connectivity index (χ1) is 15.2. The van der Waals surface area contributed by atoms with Gasteiger partial charge in [0.1, 0.15) is 22.9 Å². The SMILES string of the molecule is COc1ccc(C(F)(F)F)cc1NC(=O)Nc1cccc(Oc2ccnc(C(N)=O)c2)c1. The maximum atomic E-state index is 13.0. The highest BCUT2D eigenvalue weighted by atomic mass is 19.4. The fourth-order valence-electron chi connectivity index (χ4n) is 2.65. The van der Waals surface area contributed by atoms with Crippen molar-refractivity contribution in [3.63, 3.8) is 0 Å². The van der Waals surface area contributed by atoms with Gasteiger partial charge in [-0.05, 0) is 36.4 Å². The molecule has 8 nitrogen and oxygen atoms in total. The van der Waals surface area contributed by atoms with Crippen LogP contribution in [0.5, 0.6) is 17.2 Å². The van der Waals surface area contributed by atoms with Crippen LogP contribution in [0.25, 0.3) is 0 Å². The molecule has 0 unspecified atom stereocenters. The molecule has 11 heteroatoms. The van der Waals surface area contributed by atoms with Crippen LogP contribution in [0.1, 0.15) is 16.1 Å². The van der Waals surface area contributed by atoms with Crippen molar-refractivity contribution >= 4 is 23.3 Å². The zero-order chi connectivity index (χ0) is 23.3. The van der Waals surface area contributed by atoms with Crippen molar-refractivity contribution in [2.75, 3.05) is 17.7 Å². The predicted molar refractivity (Wildman–Crippen MR) is 110 cm³/mol. The summed E-state index contributed by atoms with van der Waals surface area (Å²) in [4.78, 5) is 27.4. The van der Waals surface area contributed by atoms with Crippen LogP contribution in [-0.4, -0.2) is 24.0 Å². The summed E-state index contributed by atoms with van der Waals surface area (Å²) in [6, 6.07) is 11.0. The van der Waals surface area contributed by atoms with Crippen LogP contribution in [0.4, 0.5) is 29.3 Å². The minimum atomic E-state index is -4.58. The summed E-state index contributed by atoms with van der Waals surface area (Å²) in [6.45, 7) is 0. The number of rotatable bonds is 6. The van der Waals surface area contributed by atoms with E-state index >= 15 is 0 Å². The summed E-state index contributed by atoms with van der Waals surface area (Å²) in [5.41, 5.74) is 4.43.